The van der Waals surface area contributed by atoms with Crippen molar-refractivity contribution in [3.05, 3.63) is 48.6 Å². The van der Waals surface area contributed by atoms with Crippen molar-refractivity contribution in [3.8, 4) is 0 Å². The summed E-state index contributed by atoms with van der Waals surface area (Å²) in [4.78, 5) is 25.6. The number of hydrogen-bond donors (Lipinski definition) is 1. The van der Waals surface area contributed by atoms with Crippen LogP contribution in [0.25, 0.3) is 0 Å². The first-order chi connectivity index (χ1) is 11.6. The van der Waals surface area contributed by atoms with Crippen molar-refractivity contribution < 1.29 is 19.4 Å². The van der Waals surface area contributed by atoms with E-state index in [1.807, 2.05) is 36.4 Å². The van der Waals surface area contributed by atoms with Crippen LogP contribution in [0.2, 0.25) is 0 Å². The molecule has 1 saturated heterocycles. The SMILES string of the molecule is C=CCC(CC)[C@H]1CC[C@H](C(=O)O)N1C(=O)OCc1ccccc1. The molecule has 1 aromatic rings. The number of carboxylic acid groups (broad SMARTS) is 1. The van der Waals surface area contributed by atoms with Gasteiger partial charge in [-0.05, 0) is 30.7 Å². The Kier molecular flexibility index (Phi) is 6.41. The number of nitrogens with zero attached hydrogens (tertiary/aromatic N) is 1. The van der Waals surface area contributed by atoms with E-state index >= 15 is 0 Å². The molecule has 0 radical (unpaired) electrons. The van der Waals surface area contributed by atoms with Crippen LogP contribution in [0.1, 0.15) is 38.2 Å². The lowest BCUT2D eigenvalue weighted by molar-refractivity contribution is -0.142. The molecule has 3 atom stereocenters. The highest BCUT2D eigenvalue weighted by Gasteiger charge is 2.44. The summed E-state index contributed by atoms with van der Waals surface area (Å²) in [6, 6.07) is 8.46. The van der Waals surface area contributed by atoms with E-state index in [0.717, 1.165) is 18.4 Å². The van der Waals surface area contributed by atoms with Crippen LogP contribution in [0.3, 0.4) is 0 Å². The number of rotatable bonds is 7. The quantitative estimate of drug-likeness (QED) is 0.771. The van der Waals surface area contributed by atoms with Gasteiger partial charge >= 0.3 is 12.1 Å². The standard InChI is InChI=1S/C19H25NO4/c1-3-8-15(4-2)16-11-12-17(18(21)22)20(16)19(23)24-13-14-9-6-5-7-10-14/h3,5-7,9-10,15-17H,1,4,8,11-13H2,2H3,(H,21,22)/t15?,16-,17-/m1/s1. The number of ether oxygens (including phenoxy) is 1. The highest BCUT2D eigenvalue weighted by molar-refractivity contribution is 5.81. The largest absolute Gasteiger partial charge is 0.480 e. The zero-order valence-electron chi connectivity index (χ0n) is 14.1. The van der Waals surface area contributed by atoms with E-state index in [4.69, 9.17) is 4.74 Å². The van der Waals surface area contributed by atoms with E-state index in [1.165, 1.54) is 4.90 Å². The summed E-state index contributed by atoms with van der Waals surface area (Å²) in [5.74, 6) is -0.765. The van der Waals surface area contributed by atoms with Gasteiger partial charge in [0.05, 0.1) is 0 Å². The Hall–Kier alpha value is -2.30. The molecule has 1 N–H and O–H groups in total. The molecule has 1 unspecified atom stereocenters. The first-order valence-electron chi connectivity index (χ1n) is 8.41. The molecule has 1 amide bonds. The summed E-state index contributed by atoms with van der Waals surface area (Å²) in [6.45, 7) is 5.97. The molecular formula is C19H25NO4. The number of carboxylic acids is 1. The fourth-order valence-corrected chi connectivity index (χ4v) is 3.41. The summed E-state index contributed by atoms with van der Waals surface area (Å²) < 4.78 is 5.39. The Bertz CT molecular complexity index is 572. The van der Waals surface area contributed by atoms with Crippen LogP contribution >= 0.6 is 0 Å². The van der Waals surface area contributed by atoms with Gasteiger partial charge in [-0.15, -0.1) is 6.58 Å². The third kappa shape index (κ3) is 4.16. The van der Waals surface area contributed by atoms with Gasteiger partial charge in [0.15, 0.2) is 0 Å². The van der Waals surface area contributed by atoms with E-state index in [-0.39, 0.29) is 18.6 Å². The van der Waals surface area contributed by atoms with Crippen LogP contribution in [-0.2, 0) is 16.1 Å². The molecule has 0 bridgehead atoms. The Morgan fingerprint density at radius 1 is 1.38 bits per heavy atom. The zero-order chi connectivity index (χ0) is 17.5. The van der Waals surface area contributed by atoms with Crippen LogP contribution in [0.5, 0.6) is 0 Å². The normalized spacial score (nSPS) is 21.3. The molecule has 0 aliphatic carbocycles. The van der Waals surface area contributed by atoms with E-state index in [1.54, 1.807) is 0 Å². The minimum atomic E-state index is -0.970. The summed E-state index contributed by atoms with van der Waals surface area (Å²) in [7, 11) is 0. The van der Waals surface area contributed by atoms with Crippen molar-refractivity contribution in [3.63, 3.8) is 0 Å². The molecule has 1 aliphatic rings. The maximum atomic E-state index is 12.6. The third-order valence-electron chi connectivity index (χ3n) is 4.67. The maximum absolute atomic E-state index is 12.6. The predicted octanol–water partition coefficient (Wildman–Crippen LogP) is 3.84. The number of likely N-dealkylation sites (tertiary alicyclic amines) is 1. The number of carbonyl (C=O) groups is 2. The summed E-state index contributed by atoms with van der Waals surface area (Å²) >= 11 is 0. The second-order valence-electron chi connectivity index (χ2n) is 6.14. The average molecular weight is 331 g/mol. The van der Waals surface area contributed by atoms with Crippen molar-refractivity contribution in [2.75, 3.05) is 0 Å². The second-order valence-corrected chi connectivity index (χ2v) is 6.14. The molecule has 1 fully saturated rings. The minimum absolute atomic E-state index is 0.114. The minimum Gasteiger partial charge on any atom is -0.480 e. The second kappa shape index (κ2) is 8.52. The molecule has 5 heteroatoms. The smallest absolute Gasteiger partial charge is 0.411 e. The molecule has 2 rings (SSSR count). The Morgan fingerprint density at radius 2 is 2.08 bits per heavy atom. The van der Waals surface area contributed by atoms with E-state index in [0.29, 0.717) is 12.8 Å². The van der Waals surface area contributed by atoms with Gasteiger partial charge in [-0.1, -0.05) is 49.8 Å². The first kappa shape index (κ1) is 18.0. The average Bonchev–Trinajstić information content (AvgIpc) is 3.03. The van der Waals surface area contributed by atoms with Crippen molar-refractivity contribution in [2.45, 2.75) is 51.3 Å². The molecule has 0 saturated carbocycles. The van der Waals surface area contributed by atoms with Crippen molar-refractivity contribution >= 4 is 12.1 Å². The number of hydrogen-bond acceptors (Lipinski definition) is 3. The summed E-state index contributed by atoms with van der Waals surface area (Å²) in [5.41, 5.74) is 0.881. The van der Waals surface area contributed by atoms with E-state index < -0.39 is 18.1 Å². The van der Waals surface area contributed by atoms with Gasteiger partial charge in [0.1, 0.15) is 12.6 Å². The molecule has 1 aliphatic heterocycles. The maximum Gasteiger partial charge on any atom is 0.411 e. The highest BCUT2D eigenvalue weighted by Crippen LogP contribution is 2.33. The Morgan fingerprint density at radius 3 is 2.67 bits per heavy atom. The molecule has 1 aromatic carbocycles. The lowest BCUT2D eigenvalue weighted by Gasteiger charge is -2.32. The number of benzene rings is 1. The predicted molar refractivity (Wildman–Crippen MR) is 91.5 cm³/mol. The van der Waals surface area contributed by atoms with Gasteiger partial charge in [0.25, 0.3) is 0 Å². The van der Waals surface area contributed by atoms with Gasteiger partial charge in [0.2, 0.25) is 0 Å². The molecule has 24 heavy (non-hydrogen) atoms. The Labute approximate surface area is 142 Å². The third-order valence-corrected chi connectivity index (χ3v) is 4.67. The topological polar surface area (TPSA) is 66.8 Å². The lowest BCUT2D eigenvalue weighted by Crippen LogP contribution is -2.47. The fraction of sp³-hybridized carbons (Fsp3) is 0.474. The van der Waals surface area contributed by atoms with Gasteiger partial charge in [-0.2, -0.15) is 0 Å². The number of allylic oxidation sites excluding steroid dienone is 1. The van der Waals surface area contributed by atoms with Crippen LogP contribution in [0, 0.1) is 5.92 Å². The zero-order valence-corrected chi connectivity index (χ0v) is 14.1. The Balaban J connectivity index is 2.11. The monoisotopic (exact) mass is 331 g/mol. The summed E-state index contributed by atoms with van der Waals surface area (Å²) in [6.07, 6.45) is 4.06. The first-order valence-corrected chi connectivity index (χ1v) is 8.41. The summed E-state index contributed by atoms with van der Waals surface area (Å²) in [5, 5.41) is 9.45. The van der Waals surface area contributed by atoms with Gasteiger partial charge in [-0.3, -0.25) is 4.90 Å². The highest BCUT2D eigenvalue weighted by atomic mass is 16.6. The fourth-order valence-electron chi connectivity index (χ4n) is 3.41. The van der Waals surface area contributed by atoms with Crippen LogP contribution < -0.4 is 0 Å². The van der Waals surface area contributed by atoms with E-state index in [9.17, 15) is 14.7 Å². The van der Waals surface area contributed by atoms with Crippen LogP contribution in [-0.4, -0.2) is 34.2 Å². The molecule has 130 valence electrons. The van der Waals surface area contributed by atoms with Crippen LogP contribution in [0.15, 0.2) is 43.0 Å². The number of aliphatic carboxylic acids is 1. The van der Waals surface area contributed by atoms with Crippen LogP contribution in [0.4, 0.5) is 4.79 Å². The van der Waals surface area contributed by atoms with Crippen molar-refractivity contribution in [1.29, 1.82) is 0 Å². The van der Waals surface area contributed by atoms with Gasteiger partial charge < -0.3 is 9.84 Å². The van der Waals surface area contributed by atoms with Gasteiger partial charge in [0, 0.05) is 6.04 Å². The van der Waals surface area contributed by atoms with Gasteiger partial charge in [-0.25, -0.2) is 9.59 Å². The molecule has 0 spiro atoms. The molecular weight excluding hydrogens is 306 g/mol. The molecule has 1 heterocycles. The number of amides is 1. The molecule has 0 aromatic heterocycles. The molecule has 5 nitrogen and oxygen atoms in total. The number of carbonyl (C=O) groups excluding carboxylic acids is 1. The van der Waals surface area contributed by atoms with E-state index in [2.05, 4.69) is 13.5 Å². The van der Waals surface area contributed by atoms with Crippen molar-refractivity contribution in [1.82, 2.24) is 4.90 Å². The van der Waals surface area contributed by atoms with Crippen molar-refractivity contribution in [2.24, 2.45) is 5.92 Å². The lowest BCUT2D eigenvalue weighted by atomic mass is 9.92.